The third-order valence-corrected chi connectivity index (χ3v) is 3.20. The summed E-state index contributed by atoms with van der Waals surface area (Å²) in [6, 6.07) is 4.46. The fourth-order valence-corrected chi connectivity index (χ4v) is 1.96. The van der Waals surface area contributed by atoms with Crippen molar-refractivity contribution in [2.24, 2.45) is 0 Å². The van der Waals surface area contributed by atoms with Crippen LogP contribution in [0.3, 0.4) is 0 Å². The van der Waals surface area contributed by atoms with Crippen LogP contribution in [-0.4, -0.2) is 40.9 Å². The number of benzene rings is 1. The van der Waals surface area contributed by atoms with Crippen molar-refractivity contribution in [2.75, 3.05) is 25.7 Å². The fraction of sp³-hybridized carbons (Fsp3) is 0.417. The Morgan fingerprint density at radius 2 is 2.22 bits per heavy atom. The molecule has 0 saturated carbocycles. The van der Waals surface area contributed by atoms with Crippen LogP contribution >= 0.6 is 0 Å². The Hall–Kier alpha value is -1.56. The topological polar surface area (TPSA) is 75.6 Å². The third-order valence-electron chi connectivity index (χ3n) is 2.34. The van der Waals surface area contributed by atoms with Crippen LogP contribution in [0.15, 0.2) is 18.2 Å². The van der Waals surface area contributed by atoms with Crippen molar-refractivity contribution in [3.63, 3.8) is 0 Å². The van der Waals surface area contributed by atoms with Gasteiger partial charge in [0.05, 0.1) is 7.11 Å². The molecular weight excluding hydrogens is 254 g/mol. The molecule has 1 amide bonds. The maximum absolute atomic E-state index is 11.7. The predicted octanol–water partition coefficient (Wildman–Crippen LogP) is 0.899. The molecular formula is C12H17NO4S. The summed E-state index contributed by atoms with van der Waals surface area (Å²) in [5.74, 6) is 0.552. The molecule has 0 aliphatic heterocycles. The number of nitrogens with one attached hydrogen (secondary N) is 1. The van der Waals surface area contributed by atoms with Gasteiger partial charge in [0.2, 0.25) is 0 Å². The van der Waals surface area contributed by atoms with Gasteiger partial charge >= 0.3 is 0 Å². The van der Waals surface area contributed by atoms with Gasteiger partial charge in [-0.1, -0.05) is 0 Å². The number of phenolic OH excluding ortho intramolecular Hbond substituents is 1. The first-order chi connectivity index (χ1) is 8.54. The van der Waals surface area contributed by atoms with Gasteiger partial charge in [-0.2, -0.15) is 0 Å². The van der Waals surface area contributed by atoms with Crippen molar-refractivity contribution in [1.29, 1.82) is 0 Å². The molecule has 6 heteroatoms. The number of carbonyl (C=O) groups is 1. The highest BCUT2D eigenvalue weighted by Gasteiger charge is 2.08. The van der Waals surface area contributed by atoms with Crippen molar-refractivity contribution in [3.8, 4) is 11.5 Å². The molecule has 18 heavy (non-hydrogen) atoms. The highest BCUT2D eigenvalue weighted by Crippen LogP contribution is 2.25. The van der Waals surface area contributed by atoms with E-state index in [2.05, 4.69) is 5.32 Å². The largest absolute Gasteiger partial charge is 0.504 e. The standard InChI is InChI=1S/C12H17NO4S/c1-17-11-5-4-9(8-10(11)14)12(15)13-6-3-7-18(2)16/h4-5,8,14H,3,6-7H2,1-2H3,(H,13,15). The van der Waals surface area contributed by atoms with Crippen molar-refractivity contribution in [2.45, 2.75) is 6.42 Å². The third kappa shape index (κ3) is 4.37. The number of hydrogen-bond acceptors (Lipinski definition) is 4. The highest BCUT2D eigenvalue weighted by atomic mass is 32.2. The molecule has 0 saturated heterocycles. The summed E-state index contributed by atoms with van der Waals surface area (Å²) < 4.78 is 15.7. The van der Waals surface area contributed by atoms with Gasteiger partial charge in [0.25, 0.3) is 5.91 Å². The maximum atomic E-state index is 11.7. The molecule has 0 bridgehead atoms. The molecule has 0 heterocycles. The van der Waals surface area contributed by atoms with E-state index in [-0.39, 0.29) is 11.7 Å². The van der Waals surface area contributed by atoms with E-state index in [0.717, 1.165) is 0 Å². The van der Waals surface area contributed by atoms with Gasteiger partial charge in [-0.05, 0) is 24.6 Å². The first kappa shape index (κ1) is 14.5. The maximum Gasteiger partial charge on any atom is 0.251 e. The Bertz CT molecular complexity index is 448. The van der Waals surface area contributed by atoms with Gasteiger partial charge < -0.3 is 15.2 Å². The van der Waals surface area contributed by atoms with Crippen LogP contribution < -0.4 is 10.1 Å². The zero-order valence-corrected chi connectivity index (χ0v) is 11.3. The van der Waals surface area contributed by atoms with Gasteiger partial charge in [-0.25, -0.2) is 0 Å². The van der Waals surface area contributed by atoms with Crippen LogP contribution in [0, 0.1) is 0 Å². The van der Waals surface area contributed by atoms with Crippen molar-refractivity contribution in [3.05, 3.63) is 23.8 Å². The molecule has 0 spiro atoms. The molecule has 0 radical (unpaired) electrons. The fourth-order valence-electron chi connectivity index (χ4n) is 1.41. The van der Waals surface area contributed by atoms with Gasteiger partial charge in [0.1, 0.15) is 0 Å². The Balaban J connectivity index is 2.51. The molecule has 5 nitrogen and oxygen atoms in total. The number of aromatic hydroxyl groups is 1. The monoisotopic (exact) mass is 271 g/mol. The first-order valence-electron chi connectivity index (χ1n) is 5.50. The van der Waals surface area contributed by atoms with Crippen LogP contribution in [0.4, 0.5) is 0 Å². The van der Waals surface area contributed by atoms with E-state index in [9.17, 15) is 14.1 Å². The molecule has 0 aliphatic carbocycles. The SMILES string of the molecule is COc1ccc(C(=O)NCCCS(C)=O)cc1O. The number of amides is 1. The summed E-state index contributed by atoms with van der Waals surface area (Å²) in [7, 11) is 0.603. The number of methoxy groups -OCH3 is 1. The molecule has 0 fully saturated rings. The quantitative estimate of drug-likeness (QED) is 0.754. The van der Waals surface area contributed by atoms with E-state index < -0.39 is 10.8 Å². The van der Waals surface area contributed by atoms with E-state index in [0.29, 0.717) is 30.0 Å². The minimum atomic E-state index is -0.841. The minimum Gasteiger partial charge on any atom is -0.504 e. The minimum absolute atomic E-state index is 0.0696. The van der Waals surface area contributed by atoms with Crippen molar-refractivity contribution >= 4 is 16.7 Å². The van der Waals surface area contributed by atoms with Gasteiger partial charge in [0, 0.05) is 34.9 Å². The Morgan fingerprint density at radius 3 is 2.78 bits per heavy atom. The predicted molar refractivity (Wildman–Crippen MR) is 70.5 cm³/mol. The summed E-state index contributed by atoms with van der Waals surface area (Å²) in [5.41, 5.74) is 0.367. The second kappa shape index (κ2) is 7.00. The summed E-state index contributed by atoms with van der Waals surface area (Å²) >= 11 is 0. The second-order valence-electron chi connectivity index (χ2n) is 3.77. The lowest BCUT2D eigenvalue weighted by atomic mass is 10.2. The summed E-state index contributed by atoms with van der Waals surface area (Å²) in [5, 5.41) is 12.2. The number of rotatable bonds is 6. The van der Waals surface area contributed by atoms with Gasteiger partial charge in [0.15, 0.2) is 11.5 Å². The van der Waals surface area contributed by atoms with E-state index in [1.165, 1.54) is 19.2 Å². The lowest BCUT2D eigenvalue weighted by Crippen LogP contribution is -2.25. The van der Waals surface area contributed by atoms with Crippen LogP contribution in [0.1, 0.15) is 16.8 Å². The van der Waals surface area contributed by atoms with E-state index in [1.54, 1.807) is 12.3 Å². The summed E-state index contributed by atoms with van der Waals surface area (Å²) in [6.07, 6.45) is 2.29. The van der Waals surface area contributed by atoms with E-state index in [4.69, 9.17) is 4.74 Å². The molecule has 1 aromatic rings. The molecule has 1 aromatic carbocycles. The molecule has 0 aromatic heterocycles. The average molecular weight is 271 g/mol. The molecule has 0 aliphatic rings. The van der Waals surface area contributed by atoms with Crippen LogP contribution in [0.2, 0.25) is 0 Å². The van der Waals surface area contributed by atoms with Crippen LogP contribution in [0.5, 0.6) is 11.5 Å². The normalized spacial score (nSPS) is 11.9. The van der Waals surface area contributed by atoms with Gasteiger partial charge in [-0.3, -0.25) is 9.00 Å². The Kier molecular flexibility index (Phi) is 5.64. The molecule has 2 N–H and O–H groups in total. The zero-order valence-electron chi connectivity index (χ0n) is 10.4. The Labute approximate surface area is 109 Å². The van der Waals surface area contributed by atoms with Crippen molar-refractivity contribution < 1.29 is 18.8 Å². The highest BCUT2D eigenvalue weighted by molar-refractivity contribution is 7.84. The first-order valence-corrected chi connectivity index (χ1v) is 7.22. The molecule has 1 unspecified atom stereocenters. The molecule has 1 atom stereocenters. The second-order valence-corrected chi connectivity index (χ2v) is 5.33. The lowest BCUT2D eigenvalue weighted by Gasteiger charge is -2.07. The molecule has 100 valence electrons. The molecule has 1 rings (SSSR count). The number of hydrogen-bond donors (Lipinski definition) is 2. The zero-order chi connectivity index (χ0) is 13.5. The lowest BCUT2D eigenvalue weighted by molar-refractivity contribution is 0.0953. The number of phenols is 1. The number of ether oxygens (including phenoxy) is 1. The number of carbonyl (C=O) groups excluding carboxylic acids is 1. The summed E-state index contributed by atoms with van der Waals surface area (Å²) in [4.78, 5) is 11.7. The van der Waals surface area contributed by atoms with Crippen molar-refractivity contribution in [1.82, 2.24) is 5.32 Å². The smallest absolute Gasteiger partial charge is 0.251 e. The van der Waals surface area contributed by atoms with E-state index >= 15 is 0 Å². The summed E-state index contributed by atoms with van der Waals surface area (Å²) in [6.45, 7) is 0.463. The Morgan fingerprint density at radius 1 is 1.50 bits per heavy atom. The van der Waals surface area contributed by atoms with Gasteiger partial charge in [-0.15, -0.1) is 0 Å². The van der Waals surface area contributed by atoms with Crippen LogP contribution in [-0.2, 0) is 10.8 Å². The van der Waals surface area contributed by atoms with Crippen LogP contribution in [0.25, 0.3) is 0 Å². The average Bonchev–Trinajstić information content (AvgIpc) is 2.34. The van der Waals surface area contributed by atoms with E-state index in [1.807, 2.05) is 0 Å².